The number of hydrogen-bond acceptors (Lipinski definition) is 4. The smallest absolute Gasteiger partial charge is 0.270 e. The van der Waals surface area contributed by atoms with E-state index >= 15 is 0 Å². The molecule has 46 heavy (non-hydrogen) atoms. The number of likely N-dealkylation sites (tertiary alicyclic amines) is 1. The lowest BCUT2D eigenvalue weighted by molar-refractivity contribution is -0.154. The molecule has 2 aliphatic rings. The molecule has 8 nitrogen and oxygen atoms in total. The zero-order valence-corrected chi connectivity index (χ0v) is 27.2. The van der Waals surface area contributed by atoms with Gasteiger partial charge in [0.15, 0.2) is 0 Å². The number of halogens is 3. The summed E-state index contributed by atoms with van der Waals surface area (Å²) in [4.78, 5) is 50.0. The molecule has 0 spiro atoms. The largest absolute Gasteiger partial charge is 0.474 e. The highest BCUT2D eigenvalue weighted by Gasteiger charge is 2.61. The van der Waals surface area contributed by atoms with Crippen LogP contribution in [-0.4, -0.2) is 69.2 Å². The molecule has 0 unspecified atom stereocenters. The average molecular weight is 666 g/mol. The number of ether oxygens (including phenoxy) is 1. The number of nitrogens with one attached hydrogen (secondary N) is 1. The number of aromatic nitrogens is 1. The molecular formula is C35H35Cl2FN4O4. The normalized spacial score (nSPS) is 20.1. The van der Waals surface area contributed by atoms with Crippen molar-refractivity contribution in [1.82, 2.24) is 19.7 Å². The second kappa shape index (κ2) is 13.0. The number of aromatic amines is 1. The highest BCUT2D eigenvalue weighted by molar-refractivity contribution is 6.31. The molecule has 1 N–H and O–H groups in total. The van der Waals surface area contributed by atoms with Crippen molar-refractivity contribution in [3.8, 4) is 5.75 Å². The molecule has 0 aliphatic carbocycles. The molecule has 3 amide bonds. The standard InChI is InChI=1S/C35H35Cl2FN4O4/c1-3-4-31(43)40-13-15-41(16-14-40)34(45)35(46-25-9-5-22(2)6-10-25)19-32(44)42(21-23-7-12-28(37)29(38)17-23)33(35)27-20-39-30-18-24(36)8-11-26(27)30/h5-12,17-18,20,33,39H,3-4,13-16,19,21H2,1-2H3/t33-,35-/m0/s1. The Morgan fingerprint density at radius 2 is 1.72 bits per heavy atom. The minimum absolute atomic E-state index is 0.0173. The van der Waals surface area contributed by atoms with Gasteiger partial charge in [0.25, 0.3) is 5.91 Å². The predicted octanol–water partition coefficient (Wildman–Crippen LogP) is 6.68. The maximum absolute atomic E-state index is 14.9. The summed E-state index contributed by atoms with van der Waals surface area (Å²) >= 11 is 12.3. The van der Waals surface area contributed by atoms with Crippen LogP contribution >= 0.6 is 23.2 Å². The Morgan fingerprint density at radius 3 is 2.41 bits per heavy atom. The van der Waals surface area contributed by atoms with E-state index in [0.717, 1.165) is 22.9 Å². The van der Waals surface area contributed by atoms with E-state index in [4.69, 9.17) is 27.9 Å². The van der Waals surface area contributed by atoms with Gasteiger partial charge in [-0.15, -0.1) is 0 Å². The highest BCUT2D eigenvalue weighted by Crippen LogP contribution is 2.48. The van der Waals surface area contributed by atoms with E-state index in [1.807, 2.05) is 32.0 Å². The lowest BCUT2D eigenvalue weighted by Gasteiger charge is -2.42. The first-order valence-corrected chi connectivity index (χ1v) is 16.2. The van der Waals surface area contributed by atoms with Crippen molar-refractivity contribution in [3.05, 3.63) is 99.4 Å². The molecule has 6 rings (SSSR count). The number of H-pyrrole nitrogens is 1. The van der Waals surface area contributed by atoms with Crippen molar-refractivity contribution in [3.63, 3.8) is 0 Å². The molecule has 2 atom stereocenters. The summed E-state index contributed by atoms with van der Waals surface area (Å²) in [5.74, 6) is -0.760. The molecule has 2 aliphatic heterocycles. The van der Waals surface area contributed by atoms with Gasteiger partial charge in [-0.25, -0.2) is 4.39 Å². The molecule has 3 aromatic carbocycles. The first-order valence-electron chi connectivity index (χ1n) is 15.4. The van der Waals surface area contributed by atoms with Gasteiger partial charge >= 0.3 is 0 Å². The van der Waals surface area contributed by atoms with Crippen LogP contribution in [0.1, 0.15) is 48.9 Å². The number of carbonyl (C=O) groups excluding carboxylic acids is 3. The minimum Gasteiger partial charge on any atom is -0.474 e. The van der Waals surface area contributed by atoms with Crippen LogP contribution in [0.4, 0.5) is 4.39 Å². The van der Waals surface area contributed by atoms with Crippen LogP contribution in [0.5, 0.6) is 5.75 Å². The number of amides is 3. The van der Waals surface area contributed by atoms with Gasteiger partial charge in [-0.05, 0) is 55.3 Å². The van der Waals surface area contributed by atoms with Crippen LogP contribution in [0.15, 0.2) is 66.9 Å². The Balaban J connectivity index is 1.47. The molecule has 0 radical (unpaired) electrons. The lowest BCUT2D eigenvalue weighted by Crippen LogP contribution is -2.60. The zero-order chi connectivity index (χ0) is 32.6. The first kappa shape index (κ1) is 31.9. The molecular weight excluding hydrogens is 630 g/mol. The summed E-state index contributed by atoms with van der Waals surface area (Å²) in [5, 5.41) is 1.28. The number of aryl methyl sites for hydroxylation is 1. The maximum Gasteiger partial charge on any atom is 0.270 e. The third kappa shape index (κ3) is 6.06. The number of carbonyl (C=O) groups is 3. The van der Waals surface area contributed by atoms with E-state index in [-0.39, 0.29) is 35.7 Å². The summed E-state index contributed by atoms with van der Waals surface area (Å²) in [6, 6.07) is 16.3. The van der Waals surface area contributed by atoms with Gasteiger partial charge in [-0.1, -0.05) is 60.0 Å². The minimum atomic E-state index is -1.68. The van der Waals surface area contributed by atoms with Crippen LogP contribution in [0.3, 0.4) is 0 Å². The SMILES string of the molecule is CCCC(=O)N1CCN(C(=O)[C@]2(Oc3ccc(C)cc3)CC(=O)N(Cc3ccc(Cl)c(F)c3)[C@H]2c2c[nH]c3cc(Cl)ccc23)CC1. The van der Waals surface area contributed by atoms with Crippen molar-refractivity contribution in [2.75, 3.05) is 26.2 Å². The Labute approximate surface area is 277 Å². The van der Waals surface area contributed by atoms with Gasteiger partial charge in [0.05, 0.1) is 11.4 Å². The molecule has 11 heteroatoms. The third-order valence-corrected chi connectivity index (χ3v) is 9.40. The van der Waals surface area contributed by atoms with Crippen LogP contribution < -0.4 is 4.74 Å². The van der Waals surface area contributed by atoms with Gasteiger partial charge in [0, 0.05) is 66.8 Å². The van der Waals surface area contributed by atoms with E-state index in [1.165, 1.54) is 12.1 Å². The molecule has 0 saturated carbocycles. The number of piperazine rings is 1. The lowest BCUT2D eigenvalue weighted by atomic mass is 9.86. The van der Waals surface area contributed by atoms with Gasteiger partial charge < -0.3 is 24.4 Å². The Hall–Kier alpha value is -4.08. The zero-order valence-electron chi connectivity index (χ0n) is 25.7. The van der Waals surface area contributed by atoms with Gasteiger partial charge in [0.2, 0.25) is 17.4 Å². The predicted molar refractivity (Wildman–Crippen MR) is 175 cm³/mol. The van der Waals surface area contributed by atoms with E-state index in [2.05, 4.69) is 4.98 Å². The Bertz CT molecular complexity index is 1790. The van der Waals surface area contributed by atoms with E-state index < -0.39 is 17.5 Å². The fourth-order valence-corrected chi connectivity index (χ4v) is 6.83. The average Bonchev–Trinajstić information content (AvgIpc) is 3.57. The second-order valence-electron chi connectivity index (χ2n) is 12.0. The molecule has 3 heterocycles. The van der Waals surface area contributed by atoms with E-state index in [0.29, 0.717) is 54.5 Å². The third-order valence-electron chi connectivity index (χ3n) is 8.86. The quantitative estimate of drug-likeness (QED) is 0.228. The van der Waals surface area contributed by atoms with Crippen LogP contribution in [0, 0.1) is 12.7 Å². The summed E-state index contributed by atoms with van der Waals surface area (Å²) in [5.41, 5.74) is 1.26. The molecule has 2 saturated heterocycles. The van der Waals surface area contributed by atoms with Crippen molar-refractivity contribution in [2.45, 2.75) is 51.3 Å². The maximum atomic E-state index is 14.9. The van der Waals surface area contributed by atoms with E-state index in [9.17, 15) is 18.8 Å². The van der Waals surface area contributed by atoms with Crippen LogP contribution in [-0.2, 0) is 20.9 Å². The molecule has 2 fully saturated rings. The summed E-state index contributed by atoms with van der Waals surface area (Å²) < 4.78 is 21.3. The van der Waals surface area contributed by atoms with Crippen LogP contribution in [0.2, 0.25) is 10.0 Å². The first-order chi connectivity index (χ1) is 22.1. The van der Waals surface area contributed by atoms with Gasteiger partial charge in [-0.2, -0.15) is 0 Å². The van der Waals surface area contributed by atoms with Crippen LogP contribution in [0.25, 0.3) is 10.9 Å². The Morgan fingerprint density at radius 1 is 1.00 bits per heavy atom. The van der Waals surface area contributed by atoms with Gasteiger partial charge in [0.1, 0.15) is 17.6 Å². The number of hydrogen-bond donors (Lipinski definition) is 1. The fraction of sp³-hybridized carbons (Fsp3) is 0.343. The summed E-state index contributed by atoms with van der Waals surface area (Å²) in [7, 11) is 0. The van der Waals surface area contributed by atoms with E-state index in [1.54, 1.807) is 51.2 Å². The highest BCUT2D eigenvalue weighted by atomic mass is 35.5. The number of benzene rings is 3. The molecule has 1 aromatic heterocycles. The fourth-order valence-electron chi connectivity index (χ4n) is 6.54. The van der Waals surface area contributed by atoms with Crippen molar-refractivity contribution in [2.24, 2.45) is 0 Å². The summed E-state index contributed by atoms with van der Waals surface area (Å²) in [6.45, 7) is 5.33. The molecule has 0 bridgehead atoms. The number of fused-ring (bicyclic) bond motifs is 1. The summed E-state index contributed by atoms with van der Waals surface area (Å²) in [6.07, 6.45) is 2.74. The van der Waals surface area contributed by atoms with Crippen molar-refractivity contribution in [1.29, 1.82) is 0 Å². The molecule has 240 valence electrons. The Kier molecular flexibility index (Phi) is 8.99. The van der Waals surface area contributed by atoms with Crippen molar-refractivity contribution < 1.29 is 23.5 Å². The molecule has 4 aromatic rings. The van der Waals surface area contributed by atoms with Gasteiger partial charge in [-0.3, -0.25) is 14.4 Å². The van der Waals surface area contributed by atoms with Crippen molar-refractivity contribution >= 4 is 51.8 Å². The number of nitrogens with zero attached hydrogens (tertiary/aromatic N) is 3. The number of rotatable bonds is 8. The monoisotopic (exact) mass is 664 g/mol. The second-order valence-corrected chi connectivity index (χ2v) is 12.9. The topological polar surface area (TPSA) is 86.0 Å².